The third-order valence-corrected chi connectivity index (χ3v) is 3.40. The summed E-state index contributed by atoms with van der Waals surface area (Å²) >= 11 is 3.34. The van der Waals surface area contributed by atoms with Crippen LogP contribution >= 0.6 is 15.9 Å². The second-order valence-corrected chi connectivity index (χ2v) is 5.54. The number of aromatic nitrogens is 3. The van der Waals surface area contributed by atoms with Crippen molar-refractivity contribution in [1.29, 1.82) is 0 Å². The summed E-state index contributed by atoms with van der Waals surface area (Å²) in [5.41, 5.74) is 8.56. The quantitative estimate of drug-likeness (QED) is 0.761. The number of anilines is 3. The lowest BCUT2D eigenvalue weighted by molar-refractivity contribution is 0.687. The second-order valence-electron chi connectivity index (χ2n) is 4.63. The molecule has 0 saturated heterocycles. The maximum atomic E-state index is 5.92. The second kappa shape index (κ2) is 5.97. The molecule has 0 fully saturated rings. The molecule has 0 aliphatic carbocycles. The molecule has 106 valence electrons. The fourth-order valence-electron chi connectivity index (χ4n) is 1.98. The fraction of sp³-hybridized carbons (Fsp3) is 0.0667. The first kappa shape index (κ1) is 13.6. The van der Waals surface area contributed by atoms with Gasteiger partial charge in [0.2, 0.25) is 0 Å². The maximum Gasteiger partial charge on any atom is 0.153 e. The van der Waals surface area contributed by atoms with Crippen molar-refractivity contribution in [1.82, 2.24) is 14.8 Å². The Morgan fingerprint density at radius 1 is 1.19 bits per heavy atom. The molecule has 0 unspecified atom stereocenters. The third-order valence-electron chi connectivity index (χ3n) is 2.97. The number of nitrogens with zero attached hydrogens (tertiary/aromatic N) is 3. The van der Waals surface area contributed by atoms with E-state index in [2.05, 4.69) is 43.5 Å². The molecule has 0 aliphatic rings. The number of benzene rings is 1. The van der Waals surface area contributed by atoms with Gasteiger partial charge in [0.25, 0.3) is 0 Å². The first-order valence-corrected chi connectivity index (χ1v) is 7.24. The number of nitrogens with one attached hydrogen (secondary N) is 1. The molecule has 0 saturated carbocycles. The zero-order valence-electron chi connectivity index (χ0n) is 11.2. The van der Waals surface area contributed by atoms with Crippen LogP contribution in [-0.4, -0.2) is 14.8 Å². The molecule has 2 aromatic heterocycles. The Labute approximate surface area is 130 Å². The van der Waals surface area contributed by atoms with E-state index in [4.69, 9.17) is 5.73 Å². The summed E-state index contributed by atoms with van der Waals surface area (Å²) in [7, 11) is 0. The minimum Gasteiger partial charge on any atom is -0.396 e. The van der Waals surface area contributed by atoms with Crippen molar-refractivity contribution in [3.8, 4) is 0 Å². The summed E-state index contributed by atoms with van der Waals surface area (Å²) < 4.78 is 2.72. The summed E-state index contributed by atoms with van der Waals surface area (Å²) in [6, 6.07) is 12.0. The third kappa shape index (κ3) is 3.41. The highest BCUT2D eigenvalue weighted by atomic mass is 79.9. The Bertz CT molecular complexity index is 739. The molecule has 1 aromatic carbocycles. The molecule has 0 atom stereocenters. The molecule has 0 amide bonds. The molecule has 3 N–H and O–H groups in total. The highest BCUT2D eigenvalue weighted by Gasteiger charge is 2.04. The number of rotatable bonds is 4. The minimum absolute atomic E-state index is 0.584. The molecule has 0 radical (unpaired) electrons. The standard InChI is InChI=1S/C15H14BrN5/c16-12-6-14(17)15(18-7-12)20-13-8-19-21(10-13)9-11-4-2-1-3-5-11/h1-8,10H,9,17H2,(H,18,20). The van der Waals surface area contributed by atoms with Gasteiger partial charge in [-0.15, -0.1) is 0 Å². The predicted octanol–water partition coefficient (Wildman–Crippen LogP) is 3.41. The normalized spacial score (nSPS) is 10.5. The summed E-state index contributed by atoms with van der Waals surface area (Å²) in [6.45, 7) is 0.728. The van der Waals surface area contributed by atoms with Crippen LogP contribution in [0.3, 0.4) is 0 Å². The zero-order valence-corrected chi connectivity index (χ0v) is 12.8. The van der Waals surface area contributed by atoms with Crippen LogP contribution in [0.5, 0.6) is 0 Å². The smallest absolute Gasteiger partial charge is 0.153 e. The summed E-state index contributed by atoms with van der Waals surface area (Å²) in [5, 5.41) is 7.50. The molecule has 3 rings (SSSR count). The number of nitrogens with two attached hydrogens (primary N) is 1. The van der Waals surface area contributed by atoms with E-state index in [9.17, 15) is 0 Å². The highest BCUT2D eigenvalue weighted by molar-refractivity contribution is 9.10. The Morgan fingerprint density at radius 3 is 2.76 bits per heavy atom. The summed E-state index contributed by atoms with van der Waals surface area (Å²) in [5.74, 6) is 0.623. The van der Waals surface area contributed by atoms with E-state index >= 15 is 0 Å². The van der Waals surface area contributed by atoms with Gasteiger partial charge in [0, 0.05) is 16.9 Å². The molecule has 6 heteroatoms. The van der Waals surface area contributed by atoms with Gasteiger partial charge in [-0.25, -0.2) is 4.98 Å². The van der Waals surface area contributed by atoms with Crippen LogP contribution in [0.1, 0.15) is 5.56 Å². The summed E-state index contributed by atoms with van der Waals surface area (Å²) in [4.78, 5) is 4.25. The van der Waals surface area contributed by atoms with E-state index in [-0.39, 0.29) is 0 Å². The van der Waals surface area contributed by atoms with E-state index < -0.39 is 0 Å². The van der Waals surface area contributed by atoms with E-state index in [1.807, 2.05) is 35.1 Å². The molecule has 3 aromatic rings. The molecule has 2 heterocycles. The first-order chi connectivity index (χ1) is 10.2. The van der Waals surface area contributed by atoms with Gasteiger partial charge in [0.05, 0.1) is 24.1 Å². The Kier molecular flexibility index (Phi) is 3.87. The number of hydrogen-bond donors (Lipinski definition) is 2. The van der Waals surface area contributed by atoms with Crippen molar-refractivity contribution in [3.05, 3.63) is 65.0 Å². The van der Waals surface area contributed by atoms with Crippen LogP contribution in [0.4, 0.5) is 17.2 Å². The van der Waals surface area contributed by atoms with Gasteiger partial charge in [-0.1, -0.05) is 30.3 Å². The fourth-order valence-corrected chi connectivity index (χ4v) is 2.33. The Balaban J connectivity index is 1.73. The monoisotopic (exact) mass is 343 g/mol. The molecule has 5 nitrogen and oxygen atoms in total. The lowest BCUT2D eigenvalue weighted by atomic mass is 10.2. The summed E-state index contributed by atoms with van der Waals surface area (Å²) in [6.07, 6.45) is 5.38. The molecule has 21 heavy (non-hydrogen) atoms. The van der Waals surface area contributed by atoms with Crippen LogP contribution in [0.2, 0.25) is 0 Å². The molecular formula is C15H14BrN5. The predicted molar refractivity (Wildman–Crippen MR) is 87.4 cm³/mol. The number of nitrogen functional groups attached to an aromatic ring is 1. The van der Waals surface area contributed by atoms with E-state index in [1.165, 1.54) is 5.56 Å². The van der Waals surface area contributed by atoms with Gasteiger partial charge in [0.15, 0.2) is 5.82 Å². The van der Waals surface area contributed by atoms with Crippen LogP contribution in [0, 0.1) is 0 Å². The molecule has 0 bridgehead atoms. The van der Waals surface area contributed by atoms with Crippen molar-refractivity contribution in [2.75, 3.05) is 11.1 Å². The van der Waals surface area contributed by atoms with Crippen LogP contribution < -0.4 is 11.1 Å². The van der Waals surface area contributed by atoms with Gasteiger partial charge in [-0.3, -0.25) is 4.68 Å². The SMILES string of the molecule is Nc1cc(Br)cnc1Nc1cnn(Cc2ccccc2)c1. The van der Waals surface area contributed by atoms with Crippen LogP contribution in [0.15, 0.2) is 59.5 Å². The maximum absolute atomic E-state index is 5.92. The number of halogens is 1. The topological polar surface area (TPSA) is 68.8 Å². The van der Waals surface area contributed by atoms with E-state index in [1.54, 1.807) is 12.4 Å². The van der Waals surface area contributed by atoms with E-state index in [0.29, 0.717) is 11.5 Å². The van der Waals surface area contributed by atoms with Gasteiger partial charge in [-0.2, -0.15) is 5.10 Å². The van der Waals surface area contributed by atoms with E-state index in [0.717, 1.165) is 16.7 Å². The van der Waals surface area contributed by atoms with Gasteiger partial charge >= 0.3 is 0 Å². The van der Waals surface area contributed by atoms with Crippen molar-refractivity contribution >= 4 is 33.1 Å². The average Bonchev–Trinajstić information content (AvgIpc) is 2.90. The Morgan fingerprint density at radius 2 is 2.00 bits per heavy atom. The van der Waals surface area contributed by atoms with Crippen molar-refractivity contribution < 1.29 is 0 Å². The zero-order chi connectivity index (χ0) is 14.7. The van der Waals surface area contributed by atoms with Gasteiger partial charge in [0.1, 0.15) is 0 Å². The minimum atomic E-state index is 0.584. The molecule has 0 spiro atoms. The molecule has 0 aliphatic heterocycles. The number of pyridine rings is 1. The lowest BCUT2D eigenvalue weighted by Crippen LogP contribution is -2.00. The van der Waals surface area contributed by atoms with Crippen molar-refractivity contribution in [3.63, 3.8) is 0 Å². The average molecular weight is 344 g/mol. The number of hydrogen-bond acceptors (Lipinski definition) is 4. The van der Waals surface area contributed by atoms with Crippen LogP contribution in [-0.2, 0) is 6.54 Å². The first-order valence-electron chi connectivity index (χ1n) is 6.45. The van der Waals surface area contributed by atoms with Gasteiger partial charge < -0.3 is 11.1 Å². The lowest BCUT2D eigenvalue weighted by Gasteiger charge is -2.06. The van der Waals surface area contributed by atoms with Crippen molar-refractivity contribution in [2.24, 2.45) is 0 Å². The Hall–Kier alpha value is -2.34. The molecular weight excluding hydrogens is 330 g/mol. The largest absolute Gasteiger partial charge is 0.396 e. The van der Waals surface area contributed by atoms with Crippen LogP contribution in [0.25, 0.3) is 0 Å². The van der Waals surface area contributed by atoms with Gasteiger partial charge in [-0.05, 0) is 27.6 Å². The highest BCUT2D eigenvalue weighted by Crippen LogP contribution is 2.23. The van der Waals surface area contributed by atoms with Crippen molar-refractivity contribution in [2.45, 2.75) is 6.54 Å².